The molecule has 31 heavy (non-hydrogen) atoms. The number of aromatic nitrogens is 1. The highest BCUT2D eigenvalue weighted by Gasteiger charge is 2.42. The Labute approximate surface area is 185 Å². The normalized spacial score (nSPS) is 21.4. The Hall–Kier alpha value is -2.50. The summed E-state index contributed by atoms with van der Waals surface area (Å²) in [6.45, 7) is 10.0. The Kier molecular flexibility index (Phi) is 3.88. The highest BCUT2D eigenvalue weighted by atomic mass is 32.1. The predicted molar refractivity (Wildman–Crippen MR) is 127 cm³/mol. The largest absolute Gasteiger partial charge is 0.422 e. The van der Waals surface area contributed by atoms with Crippen molar-refractivity contribution >= 4 is 32.5 Å². The predicted octanol–water partition coefficient (Wildman–Crippen LogP) is 6.06. The van der Waals surface area contributed by atoms with E-state index in [4.69, 9.17) is 9.40 Å². The Morgan fingerprint density at radius 2 is 1.94 bits per heavy atom. The number of hydrogen-bond acceptors (Lipinski definition) is 5. The maximum absolute atomic E-state index is 13.2. The second kappa shape index (κ2) is 6.27. The van der Waals surface area contributed by atoms with Crippen molar-refractivity contribution in [2.75, 3.05) is 6.54 Å². The van der Waals surface area contributed by atoms with Crippen LogP contribution in [0.4, 0.5) is 0 Å². The van der Waals surface area contributed by atoms with Gasteiger partial charge in [0.1, 0.15) is 10.6 Å². The molecule has 0 bridgehead atoms. The van der Waals surface area contributed by atoms with E-state index in [2.05, 4.69) is 39.1 Å². The van der Waals surface area contributed by atoms with E-state index >= 15 is 0 Å². The van der Waals surface area contributed by atoms with Gasteiger partial charge in [-0.1, -0.05) is 39.8 Å². The van der Waals surface area contributed by atoms with Crippen LogP contribution in [0.25, 0.3) is 31.8 Å². The summed E-state index contributed by atoms with van der Waals surface area (Å²) in [5.74, 6) is 0. The van der Waals surface area contributed by atoms with Crippen LogP contribution in [-0.4, -0.2) is 11.5 Å². The summed E-state index contributed by atoms with van der Waals surface area (Å²) in [4.78, 5) is 17.9. The first-order chi connectivity index (χ1) is 14.7. The number of hydrogen-bond donors (Lipinski definition) is 1. The molecule has 6 rings (SSSR count). The van der Waals surface area contributed by atoms with Crippen molar-refractivity contribution < 1.29 is 4.42 Å². The molecule has 0 amide bonds. The molecule has 4 nitrogen and oxygen atoms in total. The van der Waals surface area contributed by atoms with Crippen molar-refractivity contribution in [2.45, 2.75) is 57.4 Å². The summed E-state index contributed by atoms with van der Waals surface area (Å²) in [6, 6.07) is 12.6. The van der Waals surface area contributed by atoms with Gasteiger partial charge in [-0.2, -0.15) is 0 Å². The number of nitrogens with zero attached hydrogens (tertiary/aromatic N) is 1. The maximum Gasteiger partial charge on any atom is 0.346 e. The van der Waals surface area contributed by atoms with Crippen LogP contribution in [0.15, 0.2) is 45.6 Å². The van der Waals surface area contributed by atoms with Gasteiger partial charge >= 0.3 is 5.63 Å². The van der Waals surface area contributed by atoms with Gasteiger partial charge in [0.25, 0.3) is 0 Å². The van der Waals surface area contributed by atoms with Crippen LogP contribution in [0.1, 0.15) is 63.3 Å². The van der Waals surface area contributed by atoms with E-state index in [0.29, 0.717) is 11.6 Å². The molecule has 1 atom stereocenters. The fourth-order valence-corrected chi connectivity index (χ4v) is 6.43. The van der Waals surface area contributed by atoms with Crippen LogP contribution in [-0.2, 0) is 10.8 Å². The van der Waals surface area contributed by atoms with Gasteiger partial charge < -0.3 is 9.73 Å². The Balaban J connectivity index is 1.68. The van der Waals surface area contributed by atoms with Crippen LogP contribution >= 0.6 is 11.3 Å². The SMILES string of the molecule is CC1(C)CCC2NCC(C)(C)c3c2c1cc1cc(-c2nc4ccccc4s2)c(=O)oc31. The number of para-hydroxylation sites is 1. The van der Waals surface area contributed by atoms with Crippen molar-refractivity contribution in [2.24, 2.45) is 0 Å². The summed E-state index contributed by atoms with van der Waals surface area (Å²) in [5, 5.41) is 5.48. The fraction of sp³-hybridized carbons (Fsp3) is 0.385. The van der Waals surface area contributed by atoms with Gasteiger partial charge in [0.05, 0.1) is 15.8 Å². The van der Waals surface area contributed by atoms with Crippen molar-refractivity contribution in [3.8, 4) is 10.6 Å². The quantitative estimate of drug-likeness (QED) is 0.373. The van der Waals surface area contributed by atoms with Crippen molar-refractivity contribution in [1.82, 2.24) is 10.3 Å². The van der Waals surface area contributed by atoms with Gasteiger partial charge in [0.2, 0.25) is 0 Å². The Bertz CT molecular complexity index is 1390. The molecule has 3 heterocycles. The number of fused-ring (bicyclic) bond motifs is 3. The van der Waals surface area contributed by atoms with Crippen LogP contribution < -0.4 is 10.9 Å². The zero-order chi connectivity index (χ0) is 21.5. The number of rotatable bonds is 1. The standard InChI is InChI=1S/C26H26N2O2S/c1-25(2)10-9-18-20-16(25)12-14-11-15(23-28-17-7-5-6-8-19(17)31-23)24(29)30-22(14)21(20)26(3,4)13-27-18/h5-8,11-12,18,27H,9-10,13H2,1-4H3. The van der Waals surface area contributed by atoms with Crippen LogP contribution in [0.3, 0.4) is 0 Å². The number of thiazole rings is 1. The molecular weight excluding hydrogens is 404 g/mol. The van der Waals surface area contributed by atoms with Gasteiger partial charge in [-0.3, -0.25) is 0 Å². The van der Waals surface area contributed by atoms with Crippen LogP contribution in [0, 0.1) is 0 Å². The van der Waals surface area contributed by atoms with Crippen molar-refractivity contribution in [3.63, 3.8) is 0 Å². The summed E-state index contributed by atoms with van der Waals surface area (Å²) in [5.41, 5.74) is 5.86. The van der Waals surface area contributed by atoms with E-state index in [-0.39, 0.29) is 16.5 Å². The first-order valence-electron chi connectivity index (χ1n) is 11.0. The lowest BCUT2D eigenvalue weighted by Crippen LogP contribution is -2.45. The summed E-state index contributed by atoms with van der Waals surface area (Å²) in [7, 11) is 0. The van der Waals surface area contributed by atoms with E-state index in [1.807, 2.05) is 30.3 Å². The fourth-order valence-electron chi connectivity index (χ4n) is 5.46. The monoisotopic (exact) mass is 430 g/mol. The van der Waals surface area contributed by atoms with Gasteiger partial charge in [-0.05, 0) is 53.6 Å². The third-order valence-corrected chi connectivity index (χ3v) is 8.26. The molecule has 1 aliphatic carbocycles. The molecular formula is C26H26N2O2S. The zero-order valence-electron chi connectivity index (χ0n) is 18.3. The average molecular weight is 431 g/mol. The molecule has 0 spiro atoms. The molecule has 1 unspecified atom stereocenters. The lowest BCUT2D eigenvalue weighted by atomic mass is 9.64. The third-order valence-electron chi connectivity index (χ3n) is 7.19. The smallest absolute Gasteiger partial charge is 0.346 e. The first kappa shape index (κ1) is 19.2. The molecule has 1 aliphatic heterocycles. The molecule has 2 aromatic carbocycles. The molecule has 0 fully saturated rings. The lowest BCUT2D eigenvalue weighted by Gasteiger charge is -2.46. The van der Waals surface area contributed by atoms with E-state index in [1.165, 1.54) is 16.7 Å². The van der Waals surface area contributed by atoms with Crippen molar-refractivity contribution in [1.29, 1.82) is 0 Å². The third kappa shape index (κ3) is 2.76. The summed E-state index contributed by atoms with van der Waals surface area (Å²) in [6.07, 6.45) is 2.26. The second-order valence-corrected chi connectivity index (χ2v) is 11.3. The van der Waals surface area contributed by atoms with Crippen molar-refractivity contribution in [3.05, 3.63) is 63.5 Å². The van der Waals surface area contributed by atoms with Gasteiger partial charge in [0.15, 0.2) is 0 Å². The van der Waals surface area contributed by atoms with Crippen LogP contribution in [0.5, 0.6) is 0 Å². The van der Waals surface area contributed by atoms with Gasteiger partial charge in [0, 0.05) is 29.0 Å². The maximum atomic E-state index is 13.2. The van der Waals surface area contributed by atoms with E-state index < -0.39 is 0 Å². The van der Waals surface area contributed by atoms with E-state index in [1.54, 1.807) is 11.3 Å². The number of benzene rings is 2. The first-order valence-corrected chi connectivity index (χ1v) is 11.8. The second-order valence-electron chi connectivity index (χ2n) is 10.3. The molecule has 1 N–H and O–H groups in total. The van der Waals surface area contributed by atoms with Gasteiger partial charge in [-0.25, -0.2) is 9.78 Å². The molecule has 4 aromatic rings. The average Bonchev–Trinajstić information content (AvgIpc) is 3.15. The number of nitrogens with one attached hydrogen (secondary N) is 1. The molecule has 158 valence electrons. The highest BCUT2D eigenvalue weighted by Crippen LogP contribution is 2.50. The minimum absolute atomic E-state index is 0.0933. The Morgan fingerprint density at radius 3 is 2.74 bits per heavy atom. The minimum Gasteiger partial charge on any atom is -0.422 e. The highest BCUT2D eigenvalue weighted by molar-refractivity contribution is 7.21. The lowest BCUT2D eigenvalue weighted by molar-refractivity contribution is 0.305. The Morgan fingerprint density at radius 1 is 1.13 bits per heavy atom. The topological polar surface area (TPSA) is 55.1 Å². The van der Waals surface area contributed by atoms with Gasteiger partial charge in [-0.15, -0.1) is 11.3 Å². The molecule has 0 radical (unpaired) electrons. The molecule has 5 heteroatoms. The molecule has 2 aliphatic rings. The molecule has 0 saturated carbocycles. The minimum atomic E-state index is -0.302. The molecule has 2 aromatic heterocycles. The zero-order valence-corrected chi connectivity index (χ0v) is 19.2. The van der Waals surface area contributed by atoms with E-state index in [0.717, 1.165) is 45.6 Å². The summed E-state index contributed by atoms with van der Waals surface area (Å²) >= 11 is 1.54. The molecule has 0 saturated heterocycles. The summed E-state index contributed by atoms with van der Waals surface area (Å²) < 4.78 is 7.18. The van der Waals surface area contributed by atoms with Crippen LogP contribution in [0.2, 0.25) is 0 Å². The van der Waals surface area contributed by atoms with E-state index in [9.17, 15) is 4.79 Å².